The van der Waals surface area contributed by atoms with Crippen LogP contribution >= 0.6 is 23.2 Å². The van der Waals surface area contributed by atoms with Crippen LogP contribution in [0.1, 0.15) is 32.4 Å². The van der Waals surface area contributed by atoms with E-state index in [2.05, 4.69) is 34.0 Å². The average molecular weight is 353 g/mol. The lowest BCUT2D eigenvalue weighted by Gasteiger charge is -2.22. The molecule has 1 aromatic carbocycles. The van der Waals surface area contributed by atoms with Gasteiger partial charge in [-0.05, 0) is 38.0 Å². The zero-order chi connectivity index (χ0) is 16.8. The number of halogens is 2. The zero-order valence-electron chi connectivity index (χ0n) is 13.7. The Morgan fingerprint density at radius 2 is 1.57 bits per heavy atom. The quantitative estimate of drug-likeness (QED) is 0.717. The van der Waals surface area contributed by atoms with Gasteiger partial charge in [0.25, 0.3) is 0 Å². The topological polar surface area (TPSA) is 41.1 Å². The molecular formula is C17H22Cl2N4. The standard InChI is InChI=1S/C17H22Cl2N4/c1-4-6-23(7-5-2)17-20-12(3)8-16(22-17)21-15-10-13(18)9-14(19)11-15/h8-11H,4-7H2,1-3H3,(H,20,21,22). The summed E-state index contributed by atoms with van der Waals surface area (Å²) in [5, 5.41) is 4.43. The normalized spacial score (nSPS) is 10.7. The van der Waals surface area contributed by atoms with Crippen molar-refractivity contribution >= 4 is 40.7 Å². The molecule has 0 radical (unpaired) electrons. The van der Waals surface area contributed by atoms with Crippen molar-refractivity contribution in [1.29, 1.82) is 0 Å². The van der Waals surface area contributed by atoms with Crippen molar-refractivity contribution in [3.63, 3.8) is 0 Å². The van der Waals surface area contributed by atoms with Crippen LogP contribution in [0.15, 0.2) is 24.3 Å². The molecule has 0 unspecified atom stereocenters. The number of hydrogen-bond donors (Lipinski definition) is 1. The van der Waals surface area contributed by atoms with Gasteiger partial charge in [-0.2, -0.15) is 4.98 Å². The van der Waals surface area contributed by atoms with Crippen LogP contribution in [0.25, 0.3) is 0 Å². The molecule has 0 aliphatic rings. The van der Waals surface area contributed by atoms with E-state index in [9.17, 15) is 0 Å². The van der Waals surface area contributed by atoms with Crippen molar-refractivity contribution < 1.29 is 0 Å². The fourth-order valence-corrected chi connectivity index (χ4v) is 2.91. The van der Waals surface area contributed by atoms with E-state index in [1.165, 1.54) is 0 Å². The summed E-state index contributed by atoms with van der Waals surface area (Å²) in [5.74, 6) is 1.49. The summed E-state index contributed by atoms with van der Waals surface area (Å²) in [7, 11) is 0. The third kappa shape index (κ3) is 5.26. The van der Waals surface area contributed by atoms with Crippen LogP contribution in [0.2, 0.25) is 10.0 Å². The van der Waals surface area contributed by atoms with E-state index < -0.39 is 0 Å². The molecule has 0 amide bonds. The van der Waals surface area contributed by atoms with Crippen molar-refractivity contribution in [2.24, 2.45) is 0 Å². The number of nitrogens with zero attached hydrogens (tertiary/aromatic N) is 3. The lowest BCUT2D eigenvalue weighted by atomic mass is 10.3. The van der Waals surface area contributed by atoms with Gasteiger partial charge in [0.1, 0.15) is 5.82 Å². The molecule has 0 aliphatic carbocycles. The first-order valence-corrected chi connectivity index (χ1v) is 8.61. The predicted octanol–water partition coefficient (Wildman–Crippen LogP) is 5.46. The van der Waals surface area contributed by atoms with Gasteiger partial charge in [-0.1, -0.05) is 37.0 Å². The largest absolute Gasteiger partial charge is 0.341 e. The number of hydrogen-bond acceptors (Lipinski definition) is 4. The highest BCUT2D eigenvalue weighted by Gasteiger charge is 2.10. The average Bonchev–Trinajstić information content (AvgIpc) is 2.45. The maximum atomic E-state index is 6.05. The maximum Gasteiger partial charge on any atom is 0.227 e. The van der Waals surface area contributed by atoms with Gasteiger partial charge < -0.3 is 10.2 Å². The molecule has 0 bridgehead atoms. The van der Waals surface area contributed by atoms with Gasteiger partial charge in [-0.15, -0.1) is 0 Å². The molecule has 124 valence electrons. The van der Waals surface area contributed by atoms with Crippen molar-refractivity contribution in [2.45, 2.75) is 33.6 Å². The van der Waals surface area contributed by atoms with E-state index >= 15 is 0 Å². The van der Waals surface area contributed by atoms with Crippen LogP contribution in [-0.2, 0) is 0 Å². The molecule has 2 rings (SSSR count). The molecule has 1 heterocycles. The number of aromatic nitrogens is 2. The van der Waals surface area contributed by atoms with E-state index in [0.717, 1.165) is 49.1 Å². The lowest BCUT2D eigenvalue weighted by Crippen LogP contribution is -2.27. The summed E-state index contributed by atoms with van der Waals surface area (Å²) >= 11 is 12.1. The SMILES string of the molecule is CCCN(CCC)c1nc(C)cc(Nc2cc(Cl)cc(Cl)c2)n1. The maximum absolute atomic E-state index is 6.05. The predicted molar refractivity (Wildman–Crippen MR) is 99.3 cm³/mol. The third-order valence-electron chi connectivity index (χ3n) is 3.25. The van der Waals surface area contributed by atoms with Crippen LogP contribution in [-0.4, -0.2) is 23.1 Å². The minimum Gasteiger partial charge on any atom is -0.341 e. The molecule has 4 nitrogen and oxygen atoms in total. The molecule has 1 N–H and O–H groups in total. The van der Waals surface area contributed by atoms with E-state index in [4.69, 9.17) is 23.2 Å². The molecule has 2 aromatic rings. The number of nitrogens with one attached hydrogen (secondary N) is 1. The molecule has 0 saturated carbocycles. The molecule has 1 aromatic heterocycles. The van der Waals surface area contributed by atoms with Crippen LogP contribution in [0.5, 0.6) is 0 Å². The summed E-state index contributed by atoms with van der Waals surface area (Å²) in [5.41, 5.74) is 1.73. The van der Waals surface area contributed by atoms with Crippen molar-refractivity contribution in [3.8, 4) is 0 Å². The van der Waals surface area contributed by atoms with Gasteiger partial charge in [0.05, 0.1) is 0 Å². The Bertz CT molecular complexity index is 635. The summed E-state index contributed by atoms with van der Waals surface area (Å²) in [6.07, 6.45) is 2.12. The molecule has 6 heteroatoms. The first-order chi connectivity index (χ1) is 11.0. The first kappa shape index (κ1) is 17.8. The van der Waals surface area contributed by atoms with E-state index in [1.807, 2.05) is 25.1 Å². The number of benzene rings is 1. The van der Waals surface area contributed by atoms with E-state index in [0.29, 0.717) is 10.0 Å². The monoisotopic (exact) mass is 352 g/mol. The Balaban J connectivity index is 2.28. The molecular weight excluding hydrogens is 331 g/mol. The van der Waals surface area contributed by atoms with Crippen molar-refractivity contribution in [1.82, 2.24) is 9.97 Å². The minimum absolute atomic E-state index is 0.588. The van der Waals surface area contributed by atoms with Gasteiger partial charge >= 0.3 is 0 Å². The van der Waals surface area contributed by atoms with Gasteiger partial charge in [0.15, 0.2) is 0 Å². The van der Waals surface area contributed by atoms with Crippen LogP contribution in [0.3, 0.4) is 0 Å². The smallest absolute Gasteiger partial charge is 0.227 e. The molecule has 0 spiro atoms. The number of anilines is 3. The summed E-state index contributed by atoms with van der Waals surface area (Å²) in [6, 6.07) is 7.25. The lowest BCUT2D eigenvalue weighted by molar-refractivity contribution is 0.720. The summed E-state index contributed by atoms with van der Waals surface area (Å²) < 4.78 is 0. The van der Waals surface area contributed by atoms with Crippen LogP contribution in [0.4, 0.5) is 17.5 Å². The molecule has 0 aliphatic heterocycles. The highest BCUT2D eigenvalue weighted by Crippen LogP contribution is 2.25. The highest BCUT2D eigenvalue weighted by atomic mass is 35.5. The third-order valence-corrected chi connectivity index (χ3v) is 3.68. The molecule has 0 fully saturated rings. The fraction of sp³-hybridized carbons (Fsp3) is 0.412. The Morgan fingerprint density at radius 3 is 2.13 bits per heavy atom. The molecule has 23 heavy (non-hydrogen) atoms. The zero-order valence-corrected chi connectivity index (χ0v) is 15.2. The summed E-state index contributed by atoms with van der Waals surface area (Å²) in [4.78, 5) is 11.4. The van der Waals surface area contributed by atoms with Crippen molar-refractivity contribution in [2.75, 3.05) is 23.3 Å². The Labute approximate surface area is 147 Å². The fourth-order valence-electron chi connectivity index (χ4n) is 2.38. The Morgan fingerprint density at radius 1 is 0.957 bits per heavy atom. The second kappa shape index (κ2) is 8.37. The van der Waals surface area contributed by atoms with Crippen LogP contribution in [0, 0.1) is 6.92 Å². The van der Waals surface area contributed by atoms with Gasteiger partial charge in [-0.3, -0.25) is 0 Å². The van der Waals surface area contributed by atoms with Gasteiger partial charge in [0.2, 0.25) is 5.95 Å². The van der Waals surface area contributed by atoms with Gasteiger partial charge in [-0.25, -0.2) is 4.98 Å². The number of aryl methyl sites for hydroxylation is 1. The van der Waals surface area contributed by atoms with Gasteiger partial charge in [0, 0.05) is 40.6 Å². The minimum atomic E-state index is 0.588. The summed E-state index contributed by atoms with van der Waals surface area (Å²) in [6.45, 7) is 8.17. The molecule has 0 atom stereocenters. The highest BCUT2D eigenvalue weighted by molar-refractivity contribution is 6.35. The van der Waals surface area contributed by atoms with E-state index in [-0.39, 0.29) is 0 Å². The van der Waals surface area contributed by atoms with Crippen molar-refractivity contribution in [3.05, 3.63) is 40.0 Å². The van der Waals surface area contributed by atoms with Crippen LogP contribution < -0.4 is 10.2 Å². The first-order valence-electron chi connectivity index (χ1n) is 7.85. The second-order valence-corrected chi connectivity index (χ2v) is 6.34. The Hall–Kier alpha value is -1.52. The molecule has 0 saturated heterocycles. The Kier molecular flexibility index (Phi) is 6.48. The van der Waals surface area contributed by atoms with E-state index in [1.54, 1.807) is 6.07 Å². The number of rotatable bonds is 7. The second-order valence-electron chi connectivity index (χ2n) is 5.46.